The summed E-state index contributed by atoms with van der Waals surface area (Å²) < 4.78 is 5.46. The predicted molar refractivity (Wildman–Crippen MR) is 118 cm³/mol. The van der Waals surface area contributed by atoms with Crippen LogP contribution in [0.2, 0.25) is 5.02 Å². The first-order valence-corrected chi connectivity index (χ1v) is 10.6. The molecule has 154 valence electrons. The van der Waals surface area contributed by atoms with Crippen molar-refractivity contribution >= 4 is 40.9 Å². The first-order chi connectivity index (χ1) is 14.5. The summed E-state index contributed by atoms with van der Waals surface area (Å²) in [5.41, 5.74) is 1.28. The van der Waals surface area contributed by atoms with Gasteiger partial charge in [-0.2, -0.15) is 5.26 Å². The number of halogens is 1. The number of nitriles is 1. The lowest BCUT2D eigenvalue weighted by atomic mass is 10.1. The standard InChI is InChI=1S/C22H20ClN3O3S/c1-3-29-16-10-8-15(9-11-16)26-21(28)19(12-14-6-4-5-7-18(14)23)30-22(26)17(13-24)20(27)25-2/h4-11,19H,3,12H2,1-2H3,(H,25,27)/b22-17-. The molecule has 2 aromatic carbocycles. The maximum Gasteiger partial charge on any atom is 0.264 e. The Balaban J connectivity index is 2.03. The van der Waals surface area contributed by atoms with Crippen LogP contribution in [0, 0.1) is 11.3 Å². The number of hydrogen-bond donors (Lipinski definition) is 1. The number of rotatable bonds is 6. The van der Waals surface area contributed by atoms with Gasteiger partial charge in [-0.15, -0.1) is 0 Å². The Kier molecular flexibility index (Phi) is 7.03. The van der Waals surface area contributed by atoms with E-state index in [2.05, 4.69) is 5.32 Å². The Bertz CT molecular complexity index is 1030. The summed E-state index contributed by atoms with van der Waals surface area (Å²) in [6.45, 7) is 2.41. The second-order valence-electron chi connectivity index (χ2n) is 6.37. The normalized spacial score (nSPS) is 17.5. The van der Waals surface area contributed by atoms with Crippen LogP contribution in [0.25, 0.3) is 0 Å². The van der Waals surface area contributed by atoms with Crippen LogP contribution in [0.4, 0.5) is 5.69 Å². The van der Waals surface area contributed by atoms with E-state index in [-0.39, 0.29) is 11.5 Å². The molecule has 1 aliphatic heterocycles. The maximum atomic E-state index is 13.3. The number of nitrogens with zero attached hydrogens (tertiary/aromatic N) is 2. The molecule has 1 aliphatic rings. The van der Waals surface area contributed by atoms with Crippen LogP contribution in [-0.4, -0.2) is 30.7 Å². The molecule has 0 radical (unpaired) electrons. The molecule has 3 rings (SSSR count). The van der Waals surface area contributed by atoms with Crippen molar-refractivity contribution in [2.24, 2.45) is 0 Å². The van der Waals surface area contributed by atoms with Gasteiger partial charge >= 0.3 is 0 Å². The lowest BCUT2D eigenvalue weighted by molar-refractivity contribution is -0.117. The summed E-state index contributed by atoms with van der Waals surface area (Å²) in [5.74, 6) is -0.0802. The zero-order valence-electron chi connectivity index (χ0n) is 16.5. The van der Waals surface area contributed by atoms with Crippen molar-refractivity contribution in [1.29, 1.82) is 5.26 Å². The molecular weight excluding hydrogens is 422 g/mol. The highest BCUT2D eigenvalue weighted by Gasteiger charge is 2.40. The van der Waals surface area contributed by atoms with Gasteiger partial charge in [0.1, 0.15) is 22.4 Å². The van der Waals surface area contributed by atoms with E-state index in [9.17, 15) is 14.9 Å². The van der Waals surface area contributed by atoms with E-state index in [0.29, 0.717) is 34.5 Å². The third-order valence-electron chi connectivity index (χ3n) is 4.50. The van der Waals surface area contributed by atoms with Crippen molar-refractivity contribution in [3.8, 4) is 11.8 Å². The van der Waals surface area contributed by atoms with Gasteiger partial charge in [0, 0.05) is 17.8 Å². The number of amides is 2. The van der Waals surface area contributed by atoms with Crippen LogP contribution in [0.5, 0.6) is 5.75 Å². The third kappa shape index (κ3) is 4.45. The number of ether oxygens (including phenoxy) is 1. The number of thioether (sulfide) groups is 1. The SMILES string of the molecule is CCOc1ccc(N2C(=O)C(Cc3ccccc3Cl)S/C2=C(/C#N)C(=O)NC)cc1. The van der Waals surface area contributed by atoms with Crippen molar-refractivity contribution in [1.82, 2.24) is 5.32 Å². The van der Waals surface area contributed by atoms with Crippen LogP contribution >= 0.6 is 23.4 Å². The number of carbonyl (C=O) groups is 2. The minimum atomic E-state index is -0.540. The van der Waals surface area contributed by atoms with Crippen molar-refractivity contribution in [2.75, 3.05) is 18.6 Å². The minimum absolute atomic E-state index is 0.105. The Morgan fingerprint density at radius 1 is 1.27 bits per heavy atom. The van der Waals surface area contributed by atoms with Gasteiger partial charge in [-0.25, -0.2) is 0 Å². The van der Waals surface area contributed by atoms with E-state index < -0.39 is 11.2 Å². The smallest absolute Gasteiger partial charge is 0.264 e. The molecule has 1 fully saturated rings. The zero-order chi connectivity index (χ0) is 21.7. The summed E-state index contributed by atoms with van der Waals surface area (Å²) in [6, 6.07) is 16.2. The average Bonchev–Trinajstić information content (AvgIpc) is 3.06. The van der Waals surface area contributed by atoms with Crippen molar-refractivity contribution in [3.05, 3.63) is 69.7 Å². The molecule has 2 aromatic rings. The summed E-state index contributed by atoms with van der Waals surface area (Å²) in [6.07, 6.45) is 0.382. The molecule has 1 N–H and O–H groups in total. The van der Waals surface area contributed by atoms with E-state index in [0.717, 1.165) is 5.56 Å². The number of likely N-dealkylation sites (N-methyl/N-ethyl adjacent to an activating group) is 1. The van der Waals surface area contributed by atoms with Gasteiger partial charge in [-0.1, -0.05) is 41.6 Å². The first-order valence-electron chi connectivity index (χ1n) is 9.33. The molecule has 0 spiro atoms. The van der Waals surface area contributed by atoms with Gasteiger partial charge in [0.15, 0.2) is 0 Å². The molecule has 8 heteroatoms. The molecule has 0 saturated carbocycles. The Morgan fingerprint density at radius 3 is 2.57 bits per heavy atom. The lowest BCUT2D eigenvalue weighted by Crippen LogP contribution is -2.31. The third-order valence-corrected chi connectivity index (χ3v) is 6.13. The summed E-state index contributed by atoms with van der Waals surface area (Å²) >= 11 is 7.47. The van der Waals surface area contributed by atoms with Crippen molar-refractivity contribution < 1.29 is 14.3 Å². The molecule has 6 nitrogen and oxygen atoms in total. The van der Waals surface area contributed by atoms with Crippen LogP contribution in [0.1, 0.15) is 12.5 Å². The van der Waals surface area contributed by atoms with Crippen molar-refractivity contribution in [3.63, 3.8) is 0 Å². The van der Waals surface area contributed by atoms with E-state index in [4.69, 9.17) is 16.3 Å². The average molecular weight is 442 g/mol. The highest BCUT2D eigenvalue weighted by molar-refractivity contribution is 8.05. The fourth-order valence-electron chi connectivity index (χ4n) is 3.07. The molecule has 0 aliphatic carbocycles. The zero-order valence-corrected chi connectivity index (χ0v) is 18.1. The summed E-state index contributed by atoms with van der Waals surface area (Å²) in [7, 11) is 1.45. The molecule has 30 heavy (non-hydrogen) atoms. The Hall–Kier alpha value is -2.95. The van der Waals surface area contributed by atoms with Gasteiger partial charge in [0.2, 0.25) is 5.91 Å². The van der Waals surface area contributed by atoms with E-state index in [1.807, 2.05) is 31.2 Å². The monoisotopic (exact) mass is 441 g/mol. The van der Waals surface area contributed by atoms with Gasteiger partial charge in [0.25, 0.3) is 5.91 Å². The Morgan fingerprint density at radius 2 is 1.97 bits per heavy atom. The van der Waals surface area contributed by atoms with Crippen molar-refractivity contribution in [2.45, 2.75) is 18.6 Å². The van der Waals surface area contributed by atoms with E-state index >= 15 is 0 Å². The quantitative estimate of drug-likeness (QED) is 0.542. The van der Waals surface area contributed by atoms with Crippen LogP contribution in [-0.2, 0) is 16.0 Å². The molecular formula is C22H20ClN3O3S. The predicted octanol–water partition coefficient (Wildman–Crippen LogP) is 3.91. The topological polar surface area (TPSA) is 82.4 Å². The van der Waals surface area contributed by atoms with Gasteiger partial charge in [-0.3, -0.25) is 14.5 Å². The second-order valence-corrected chi connectivity index (χ2v) is 7.97. The molecule has 2 amide bonds. The molecule has 0 bridgehead atoms. The van der Waals surface area contributed by atoms with Gasteiger partial charge in [0.05, 0.1) is 11.9 Å². The number of anilines is 1. The fourth-order valence-corrected chi connectivity index (χ4v) is 4.58. The maximum absolute atomic E-state index is 13.3. The lowest BCUT2D eigenvalue weighted by Gasteiger charge is -2.19. The molecule has 1 atom stereocenters. The molecule has 1 saturated heterocycles. The number of hydrogen-bond acceptors (Lipinski definition) is 5. The number of carbonyl (C=O) groups excluding carboxylic acids is 2. The highest BCUT2D eigenvalue weighted by atomic mass is 35.5. The number of benzene rings is 2. The molecule has 1 unspecified atom stereocenters. The number of nitrogens with one attached hydrogen (secondary N) is 1. The largest absolute Gasteiger partial charge is 0.494 e. The molecule has 1 heterocycles. The van der Waals surface area contributed by atoms with Crippen LogP contribution in [0.15, 0.2) is 59.1 Å². The molecule has 0 aromatic heterocycles. The summed E-state index contributed by atoms with van der Waals surface area (Å²) in [5, 5.41) is 12.4. The Labute approximate surface area is 184 Å². The van der Waals surface area contributed by atoms with Crippen LogP contribution in [0.3, 0.4) is 0 Å². The second kappa shape index (κ2) is 9.70. The highest BCUT2D eigenvalue weighted by Crippen LogP contribution is 2.42. The first kappa shape index (κ1) is 21.8. The fraction of sp³-hybridized carbons (Fsp3) is 0.227. The van der Waals surface area contributed by atoms with Gasteiger partial charge < -0.3 is 10.1 Å². The van der Waals surface area contributed by atoms with E-state index in [1.165, 1.54) is 23.7 Å². The van der Waals surface area contributed by atoms with Gasteiger partial charge in [-0.05, 0) is 49.2 Å². The summed E-state index contributed by atoms with van der Waals surface area (Å²) in [4.78, 5) is 27.0. The van der Waals surface area contributed by atoms with Crippen LogP contribution < -0.4 is 15.0 Å². The minimum Gasteiger partial charge on any atom is -0.494 e. The van der Waals surface area contributed by atoms with E-state index in [1.54, 1.807) is 30.3 Å².